The van der Waals surface area contributed by atoms with E-state index in [1.807, 2.05) is 45.0 Å². The Morgan fingerprint density at radius 3 is 2.21 bits per heavy atom. The number of ether oxygens (including phenoxy) is 2. The first kappa shape index (κ1) is 32.5. The Bertz CT molecular complexity index is 1430. The van der Waals surface area contributed by atoms with E-state index in [0.717, 1.165) is 28.3 Å². The first-order valence-electron chi connectivity index (χ1n) is 14.1. The van der Waals surface area contributed by atoms with Gasteiger partial charge in [0, 0.05) is 19.2 Å². The number of amides is 2. The maximum absolute atomic E-state index is 14.2. The van der Waals surface area contributed by atoms with Crippen LogP contribution in [-0.4, -0.2) is 58.5 Å². The van der Waals surface area contributed by atoms with Crippen LogP contribution in [0.15, 0.2) is 77.7 Å². The fourth-order valence-corrected chi connectivity index (χ4v) is 5.98. The van der Waals surface area contributed by atoms with Crippen LogP contribution in [0.3, 0.4) is 0 Å². The Hall–Kier alpha value is -4.05. The lowest BCUT2D eigenvalue weighted by atomic mass is 10.1. The molecule has 9 nitrogen and oxygen atoms in total. The number of methoxy groups -OCH3 is 2. The van der Waals surface area contributed by atoms with Crippen molar-refractivity contribution >= 4 is 27.5 Å². The number of carbonyl (C=O) groups excluding carboxylic acids is 2. The van der Waals surface area contributed by atoms with E-state index in [0.29, 0.717) is 18.7 Å². The number of benzene rings is 3. The summed E-state index contributed by atoms with van der Waals surface area (Å²) in [7, 11) is -1.34. The molecule has 3 rings (SSSR count). The second kappa shape index (κ2) is 15.3. The highest BCUT2D eigenvalue weighted by Crippen LogP contribution is 2.36. The van der Waals surface area contributed by atoms with Gasteiger partial charge in [-0.3, -0.25) is 13.9 Å². The van der Waals surface area contributed by atoms with Gasteiger partial charge in [0.25, 0.3) is 10.0 Å². The molecular formula is C32H41N3O6S. The van der Waals surface area contributed by atoms with Crippen molar-refractivity contribution in [2.75, 3.05) is 31.6 Å². The predicted molar refractivity (Wildman–Crippen MR) is 164 cm³/mol. The van der Waals surface area contributed by atoms with Gasteiger partial charge >= 0.3 is 0 Å². The van der Waals surface area contributed by atoms with Crippen LogP contribution in [0.2, 0.25) is 0 Å². The summed E-state index contributed by atoms with van der Waals surface area (Å²) >= 11 is 0. The van der Waals surface area contributed by atoms with Gasteiger partial charge in [0.1, 0.15) is 24.1 Å². The van der Waals surface area contributed by atoms with Gasteiger partial charge in [-0.25, -0.2) is 8.42 Å². The quantitative estimate of drug-likeness (QED) is 0.250. The smallest absolute Gasteiger partial charge is 0.264 e. The Labute approximate surface area is 249 Å². The van der Waals surface area contributed by atoms with Crippen molar-refractivity contribution in [1.82, 2.24) is 10.2 Å². The van der Waals surface area contributed by atoms with E-state index in [1.165, 1.54) is 37.3 Å². The van der Waals surface area contributed by atoms with E-state index < -0.39 is 28.5 Å². The SMILES string of the molecule is CCCCNC(=O)C(CC)N(Cc1ccc(C)cc1)C(=O)CN(c1cc(OC)ccc1OC)S(=O)(=O)c1ccccc1. The van der Waals surface area contributed by atoms with Gasteiger partial charge in [-0.05, 0) is 49.6 Å². The molecule has 0 heterocycles. The third-order valence-corrected chi connectivity index (χ3v) is 8.73. The Kier molecular flexibility index (Phi) is 11.8. The Morgan fingerprint density at radius 1 is 0.929 bits per heavy atom. The molecule has 0 aromatic heterocycles. The number of nitrogens with zero attached hydrogens (tertiary/aromatic N) is 2. The van der Waals surface area contributed by atoms with Crippen LogP contribution in [0.4, 0.5) is 5.69 Å². The molecule has 3 aromatic carbocycles. The number of carbonyl (C=O) groups is 2. The van der Waals surface area contributed by atoms with Crippen molar-refractivity contribution in [1.29, 1.82) is 0 Å². The van der Waals surface area contributed by atoms with Crippen molar-refractivity contribution in [3.63, 3.8) is 0 Å². The molecule has 0 fully saturated rings. The summed E-state index contributed by atoms with van der Waals surface area (Å²) in [6, 6.07) is 19.5. The summed E-state index contributed by atoms with van der Waals surface area (Å²) in [5.41, 5.74) is 2.03. The molecule has 2 amide bonds. The number of nitrogens with one attached hydrogen (secondary N) is 1. The number of hydrogen-bond acceptors (Lipinski definition) is 6. The molecule has 0 bridgehead atoms. The second-order valence-corrected chi connectivity index (χ2v) is 11.8. The lowest BCUT2D eigenvalue weighted by Gasteiger charge is -2.33. The Morgan fingerprint density at radius 2 is 1.62 bits per heavy atom. The standard InChI is InChI=1S/C32H41N3O6S/c1-6-8-20-33-32(37)28(7-2)34(22-25-16-14-24(3)15-17-25)31(36)23-35(42(38,39)27-12-10-9-11-13-27)29-21-26(40-4)18-19-30(29)41-5/h9-19,21,28H,6-8,20,22-23H2,1-5H3,(H,33,37). The number of sulfonamides is 1. The van der Waals surface area contributed by atoms with Gasteiger partial charge in [0.2, 0.25) is 11.8 Å². The van der Waals surface area contributed by atoms with E-state index in [9.17, 15) is 18.0 Å². The van der Waals surface area contributed by atoms with Gasteiger partial charge in [-0.15, -0.1) is 0 Å². The van der Waals surface area contributed by atoms with Gasteiger partial charge < -0.3 is 19.7 Å². The fourth-order valence-electron chi connectivity index (χ4n) is 4.54. The zero-order valence-corrected chi connectivity index (χ0v) is 25.8. The first-order valence-corrected chi connectivity index (χ1v) is 15.5. The van der Waals surface area contributed by atoms with Crippen LogP contribution in [-0.2, 0) is 26.2 Å². The number of hydrogen-bond donors (Lipinski definition) is 1. The molecule has 226 valence electrons. The molecule has 0 aliphatic heterocycles. The molecule has 0 radical (unpaired) electrons. The predicted octanol–water partition coefficient (Wildman–Crippen LogP) is 4.93. The maximum atomic E-state index is 14.2. The van der Waals surface area contributed by atoms with E-state index in [2.05, 4.69) is 5.32 Å². The molecule has 0 saturated carbocycles. The zero-order valence-electron chi connectivity index (χ0n) is 25.0. The summed E-state index contributed by atoms with van der Waals surface area (Å²) in [5.74, 6) is -0.164. The molecule has 1 N–H and O–H groups in total. The zero-order chi connectivity index (χ0) is 30.7. The topological polar surface area (TPSA) is 105 Å². The van der Waals surface area contributed by atoms with Crippen LogP contribution >= 0.6 is 0 Å². The highest BCUT2D eigenvalue weighted by atomic mass is 32.2. The lowest BCUT2D eigenvalue weighted by molar-refractivity contribution is -0.140. The highest BCUT2D eigenvalue weighted by molar-refractivity contribution is 7.92. The average molecular weight is 596 g/mol. The van der Waals surface area contributed by atoms with E-state index in [1.54, 1.807) is 30.3 Å². The van der Waals surface area contributed by atoms with Crippen LogP contribution in [0, 0.1) is 6.92 Å². The molecule has 0 aliphatic rings. The molecule has 1 atom stereocenters. The van der Waals surface area contributed by atoms with Gasteiger partial charge in [-0.2, -0.15) is 0 Å². The van der Waals surface area contributed by atoms with Gasteiger partial charge in [0.15, 0.2) is 0 Å². The summed E-state index contributed by atoms with van der Waals surface area (Å²) in [5, 5.41) is 2.94. The van der Waals surface area contributed by atoms with Crippen molar-refractivity contribution in [3.8, 4) is 11.5 Å². The normalized spacial score (nSPS) is 11.8. The first-order chi connectivity index (χ1) is 20.2. The van der Waals surface area contributed by atoms with Crippen LogP contribution < -0.4 is 19.1 Å². The van der Waals surface area contributed by atoms with Crippen molar-refractivity contribution < 1.29 is 27.5 Å². The molecule has 0 spiro atoms. The lowest BCUT2D eigenvalue weighted by Crippen LogP contribution is -2.52. The van der Waals surface area contributed by atoms with Gasteiger partial charge in [-0.1, -0.05) is 68.3 Å². The van der Waals surface area contributed by atoms with E-state index in [-0.39, 0.29) is 28.8 Å². The minimum Gasteiger partial charge on any atom is -0.497 e. The van der Waals surface area contributed by atoms with Gasteiger partial charge in [0.05, 0.1) is 24.8 Å². The fraction of sp³-hybridized carbons (Fsp3) is 0.375. The molecule has 0 aliphatic carbocycles. The summed E-state index contributed by atoms with van der Waals surface area (Å²) in [6.45, 7) is 5.90. The largest absolute Gasteiger partial charge is 0.497 e. The molecule has 10 heteroatoms. The molecule has 42 heavy (non-hydrogen) atoms. The third kappa shape index (κ3) is 8.03. The molecule has 3 aromatic rings. The summed E-state index contributed by atoms with van der Waals surface area (Å²) < 4.78 is 40.1. The number of unbranched alkanes of at least 4 members (excludes halogenated alkanes) is 1. The number of anilines is 1. The van der Waals surface area contributed by atoms with Crippen LogP contribution in [0.1, 0.15) is 44.2 Å². The molecule has 1 unspecified atom stereocenters. The van der Waals surface area contributed by atoms with E-state index >= 15 is 0 Å². The van der Waals surface area contributed by atoms with Crippen LogP contribution in [0.5, 0.6) is 11.5 Å². The molecular weight excluding hydrogens is 554 g/mol. The average Bonchev–Trinajstić information content (AvgIpc) is 3.00. The highest BCUT2D eigenvalue weighted by Gasteiger charge is 2.35. The second-order valence-electron chi connectivity index (χ2n) is 9.94. The van der Waals surface area contributed by atoms with Crippen molar-refractivity contribution in [3.05, 3.63) is 83.9 Å². The maximum Gasteiger partial charge on any atom is 0.264 e. The third-order valence-electron chi connectivity index (χ3n) is 6.95. The minimum absolute atomic E-state index is 0.0112. The number of rotatable bonds is 15. The summed E-state index contributed by atoms with van der Waals surface area (Å²) in [4.78, 5) is 29.0. The van der Waals surface area contributed by atoms with E-state index in [4.69, 9.17) is 9.47 Å². The number of aryl methyl sites for hydroxylation is 1. The van der Waals surface area contributed by atoms with Crippen LogP contribution in [0.25, 0.3) is 0 Å². The van der Waals surface area contributed by atoms with Crippen molar-refractivity contribution in [2.45, 2.75) is 57.5 Å². The van der Waals surface area contributed by atoms with Crippen molar-refractivity contribution in [2.24, 2.45) is 0 Å². The monoisotopic (exact) mass is 595 g/mol. The Balaban J connectivity index is 2.10. The summed E-state index contributed by atoms with van der Waals surface area (Å²) in [6.07, 6.45) is 2.08. The molecule has 0 saturated heterocycles. The minimum atomic E-state index is -4.24.